The van der Waals surface area contributed by atoms with Gasteiger partial charge in [0.15, 0.2) is 5.65 Å². The first kappa shape index (κ1) is 18.2. The molecule has 1 amide bonds. The second-order valence-corrected chi connectivity index (χ2v) is 6.82. The van der Waals surface area contributed by atoms with Crippen molar-refractivity contribution in [1.82, 2.24) is 19.3 Å². The normalized spacial score (nSPS) is 10.9. The van der Waals surface area contributed by atoms with Crippen LogP contribution in [0.1, 0.15) is 0 Å². The van der Waals surface area contributed by atoms with Crippen LogP contribution < -0.4 is 10.9 Å². The number of hydrogen-bond acceptors (Lipinski definition) is 4. The van der Waals surface area contributed by atoms with E-state index in [1.54, 1.807) is 42.5 Å². The van der Waals surface area contributed by atoms with E-state index in [1.165, 1.54) is 21.8 Å². The molecule has 4 aromatic rings. The van der Waals surface area contributed by atoms with Gasteiger partial charge in [-0.05, 0) is 36.4 Å². The van der Waals surface area contributed by atoms with Crippen LogP contribution in [0.2, 0.25) is 10.0 Å². The Morgan fingerprint density at radius 3 is 2.57 bits per heavy atom. The van der Waals surface area contributed by atoms with Gasteiger partial charge in [0.05, 0.1) is 16.9 Å². The summed E-state index contributed by atoms with van der Waals surface area (Å²) < 4.78 is 2.73. The van der Waals surface area contributed by atoms with Crippen LogP contribution >= 0.6 is 23.2 Å². The molecule has 0 aliphatic heterocycles. The van der Waals surface area contributed by atoms with Crippen molar-refractivity contribution >= 4 is 45.8 Å². The van der Waals surface area contributed by atoms with Crippen LogP contribution in [0.3, 0.4) is 0 Å². The average molecular weight is 414 g/mol. The lowest BCUT2D eigenvalue weighted by molar-refractivity contribution is -0.116. The Bertz CT molecular complexity index is 1230. The fraction of sp³-hybridized carbons (Fsp3) is 0.0526. The Morgan fingerprint density at radius 2 is 1.82 bits per heavy atom. The quantitative estimate of drug-likeness (QED) is 0.554. The smallest absolute Gasteiger partial charge is 0.264 e. The summed E-state index contributed by atoms with van der Waals surface area (Å²) in [7, 11) is 0. The highest BCUT2D eigenvalue weighted by Crippen LogP contribution is 2.21. The molecular weight excluding hydrogens is 401 g/mol. The monoisotopic (exact) mass is 413 g/mol. The molecule has 0 fully saturated rings. The van der Waals surface area contributed by atoms with Crippen molar-refractivity contribution in [1.29, 1.82) is 0 Å². The number of hydrogen-bond donors (Lipinski definition) is 1. The molecule has 2 heterocycles. The van der Waals surface area contributed by atoms with Crippen LogP contribution in [0, 0.1) is 0 Å². The topological polar surface area (TPSA) is 81.8 Å². The zero-order valence-corrected chi connectivity index (χ0v) is 15.9. The third-order valence-corrected chi connectivity index (χ3v) is 4.65. The van der Waals surface area contributed by atoms with E-state index in [9.17, 15) is 9.59 Å². The van der Waals surface area contributed by atoms with E-state index < -0.39 is 0 Å². The summed E-state index contributed by atoms with van der Waals surface area (Å²) >= 11 is 12.0. The number of nitrogens with zero attached hydrogens (tertiary/aromatic N) is 4. The molecule has 0 aliphatic rings. The van der Waals surface area contributed by atoms with Gasteiger partial charge in [0.2, 0.25) is 5.91 Å². The van der Waals surface area contributed by atoms with E-state index in [4.69, 9.17) is 23.2 Å². The molecule has 140 valence electrons. The van der Waals surface area contributed by atoms with Crippen molar-refractivity contribution in [3.8, 4) is 5.69 Å². The number of carbonyl (C=O) groups excluding carboxylic acids is 1. The summed E-state index contributed by atoms with van der Waals surface area (Å²) in [5.41, 5.74) is 1.20. The molecule has 28 heavy (non-hydrogen) atoms. The van der Waals surface area contributed by atoms with Crippen molar-refractivity contribution in [2.75, 3.05) is 5.32 Å². The minimum absolute atomic E-state index is 0.179. The Balaban J connectivity index is 1.62. The second-order valence-electron chi connectivity index (χ2n) is 5.98. The number of anilines is 1. The summed E-state index contributed by atoms with van der Waals surface area (Å²) in [5.74, 6) is -0.357. The highest BCUT2D eigenvalue weighted by molar-refractivity contribution is 6.32. The van der Waals surface area contributed by atoms with Crippen molar-refractivity contribution < 1.29 is 4.79 Å². The summed E-state index contributed by atoms with van der Waals surface area (Å²) in [6.45, 7) is -0.179. The Kier molecular flexibility index (Phi) is 4.85. The molecule has 4 rings (SSSR count). The molecule has 0 unspecified atom stereocenters. The van der Waals surface area contributed by atoms with Gasteiger partial charge < -0.3 is 5.32 Å². The molecule has 0 bridgehead atoms. The molecule has 0 atom stereocenters. The number of benzene rings is 2. The predicted molar refractivity (Wildman–Crippen MR) is 108 cm³/mol. The van der Waals surface area contributed by atoms with Crippen molar-refractivity contribution in [2.45, 2.75) is 6.54 Å². The minimum Gasteiger partial charge on any atom is -0.325 e. The molecule has 0 radical (unpaired) electrons. The summed E-state index contributed by atoms with van der Waals surface area (Å²) in [6.07, 6.45) is 2.74. The minimum atomic E-state index is -0.366. The number of halogens is 2. The molecule has 9 heteroatoms. The third-order valence-electron chi connectivity index (χ3n) is 4.08. The fourth-order valence-electron chi connectivity index (χ4n) is 2.75. The van der Waals surface area contributed by atoms with Crippen molar-refractivity contribution in [2.24, 2.45) is 0 Å². The molecular formula is C19H13Cl2N5O2. The fourth-order valence-corrected chi connectivity index (χ4v) is 3.09. The number of carbonyl (C=O) groups is 1. The molecule has 1 N–H and O–H groups in total. The molecule has 7 nitrogen and oxygen atoms in total. The molecule has 0 saturated heterocycles. The SMILES string of the molecule is O=C(Cn1cnc2c(cnn2-c2ccccc2Cl)c1=O)Nc1ccc(Cl)cc1. The molecule has 0 saturated carbocycles. The lowest BCUT2D eigenvalue weighted by atomic mass is 10.3. The van der Waals surface area contributed by atoms with Crippen LogP contribution in [-0.2, 0) is 11.3 Å². The van der Waals surface area contributed by atoms with Gasteiger partial charge in [-0.2, -0.15) is 5.10 Å². The van der Waals surface area contributed by atoms with Crippen molar-refractivity contribution in [3.05, 3.63) is 81.5 Å². The van der Waals surface area contributed by atoms with Gasteiger partial charge >= 0.3 is 0 Å². The summed E-state index contributed by atoms with van der Waals surface area (Å²) in [4.78, 5) is 29.3. The van der Waals surface area contributed by atoms with Crippen molar-refractivity contribution in [3.63, 3.8) is 0 Å². The van der Waals surface area contributed by atoms with Gasteiger partial charge in [-0.3, -0.25) is 14.2 Å². The molecule has 0 aliphatic carbocycles. The number of para-hydroxylation sites is 1. The van der Waals surface area contributed by atoms with E-state index in [0.717, 1.165) is 0 Å². The maximum atomic E-state index is 12.7. The Hall–Kier alpha value is -3.16. The molecule has 2 aromatic heterocycles. The first-order chi connectivity index (χ1) is 13.5. The maximum Gasteiger partial charge on any atom is 0.264 e. The van der Waals surface area contributed by atoms with Gasteiger partial charge in [-0.15, -0.1) is 0 Å². The van der Waals surface area contributed by atoms with E-state index in [1.807, 2.05) is 6.07 Å². The van der Waals surface area contributed by atoms with Crippen LogP contribution in [0.25, 0.3) is 16.7 Å². The second kappa shape index (κ2) is 7.46. The molecule has 0 spiro atoms. The largest absolute Gasteiger partial charge is 0.325 e. The standard InChI is InChI=1S/C19H13Cl2N5O2/c20-12-5-7-13(8-6-12)24-17(27)10-25-11-22-18-14(19(25)28)9-23-26(18)16-4-2-1-3-15(16)21/h1-9,11H,10H2,(H,24,27). The maximum absolute atomic E-state index is 12.7. The zero-order valence-electron chi connectivity index (χ0n) is 14.3. The van der Waals surface area contributed by atoms with Gasteiger partial charge in [0, 0.05) is 10.7 Å². The average Bonchev–Trinajstić information content (AvgIpc) is 3.11. The lowest BCUT2D eigenvalue weighted by Gasteiger charge is -2.08. The lowest BCUT2D eigenvalue weighted by Crippen LogP contribution is -2.27. The Morgan fingerprint density at radius 1 is 1.07 bits per heavy atom. The number of aromatic nitrogens is 4. The van der Waals surface area contributed by atoms with Crippen LogP contribution in [0.15, 0.2) is 65.8 Å². The first-order valence-corrected chi connectivity index (χ1v) is 9.02. The molecule has 2 aromatic carbocycles. The Labute approximate surface area is 169 Å². The predicted octanol–water partition coefficient (Wildman–Crippen LogP) is 3.53. The first-order valence-electron chi connectivity index (χ1n) is 8.26. The van der Waals surface area contributed by atoms with E-state index in [-0.39, 0.29) is 18.0 Å². The van der Waals surface area contributed by atoms with Crippen LogP contribution in [0.5, 0.6) is 0 Å². The van der Waals surface area contributed by atoms with Crippen LogP contribution in [0.4, 0.5) is 5.69 Å². The van der Waals surface area contributed by atoms with Gasteiger partial charge in [-0.25, -0.2) is 9.67 Å². The van der Waals surface area contributed by atoms with Gasteiger partial charge in [-0.1, -0.05) is 35.3 Å². The van der Waals surface area contributed by atoms with E-state index in [2.05, 4.69) is 15.4 Å². The summed E-state index contributed by atoms with van der Waals surface area (Å²) in [5, 5.41) is 8.28. The zero-order chi connectivity index (χ0) is 19.7. The number of amides is 1. The number of nitrogens with one attached hydrogen (secondary N) is 1. The van der Waals surface area contributed by atoms with Crippen LogP contribution in [-0.4, -0.2) is 25.2 Å². The highest BCUT2D eigenvalue weighted by atomic mass is 35.5. The summed E-state index contributed by atoms with van der Waals surface area (Å²) in [6, 6.07) is 13.8. The highest BCUT2D eigenvalue weighted by Gasteiger charge is 2.14. The van der Waals surface area contributed by atoms with Gasteiger partial charge in [0.25, 0.3) is 5.56 Å². The van der Waals surface area contributed by atoms with Gasteiger partial charge in [0.1, 0.15) is 18.3 Å². The third kappa shape index (κ3) is 3.49. The van der Waals surface area contributed by atoms with E-state index in [0.29, 0.717) is 32.5 Å². The number of fused-ring (bicyclic) bond motifs is 1. The number of rotatable bonds is 4. The van der Waals surface area contributed by atoms with E-state index >= 15 is 0 Å².